The van der Waals surface area contributed by atoms with Crippen LogP contribution in [0.5, 0.6) is 5.75 Å². The summed E-state index contributed by atoms with van der Waals surface area (Å²) in [5.41, 5.74) is 0. The third-order valence-electron chi connectivity index (χ3n) is 5.07. The molecule has 1 amide bonds. The molecule has 0 bridgehead atoms. The van der Waals surface area contributed by atoms with Crippen LogP contribution in [0.3, 0.4) is 0 Å². The Hall–Kier alpha value is -2.37. The second kappa shape index (κ2) is 8.34. The van der Waals surface area contributed by atoms with Crippen molar-refractivity contribution in [2.45, 2.75) is 44.6 Å². The second-order valence-electron chi connectivity index (χ2n) is 6.91. The normalized spacial score (nSPS) is 19.2. The minimum atomic E-state index is -0.611. The molecule has 1 aromatic rings. The van der Waals surface area contributed by atoms with Crippen LogP contribution in [0, 0.1) is 11.7 Å². The number of carbonyl (C=O) groups excluding carboxylic acids is 2. The van der Waals surface area contributed by atoms with Crippen molar-refractivity contribution in [1.29, 1.82) is 0 Å². The van der Waals surface area contributed by atoms with E-state index in [9.17, 15) is 14.0 Å². The lowest BCUT2D eigenvalue weighted by molar-refractivity contribution is -0.151. The molecule has 0 spiro atoms. The number of halogens is 1. The van der Waals surface area contributed by atoms with Crippen LogP contribution in [-0.4, -0.2) is 36.5 Å². The molecule has 1 saturated carbocycles. The van der Waals surface area contributed by atoms with Crippen molar-refractivity contribution in [3.63, 3.8) is 0 Å². The summed E-state index contributed by atoms with van der Waals surface area (Å²) in [6.07, 6.45) is 7.69. The van der Waals surface area contributed by atoms with E-state index in [2.05, 4.69) is 0 Å². The van der Waals surface area contributed by atoms with Crippen LogP contribution >= 0.6 is 0 Å². The highest BCUT2D eigenvalue weighted by Gasteiger charge is 2.36. The fourth-order valence-electron chi connectivity index (χ4n) is 3.74. The maximum absolute atomic E-state index is 13.3. The standard InChI is InChI=1S/C20H24FNO4/c1-25-20(24)18(10-14-6-3-2-4-7-14)22-13-17(12-19(22)23)26-16-9-5-8-15(21)11-16/h5,8-9,11-12,14,18H,2-4,6-7,10,13H2,1H3. The number of nitrogens with zero attached hydrogens (tertiary/aromatic N) is 1. The Morgan fingerprint density at radius 3 is 2.77 bits per heavy atom. The van der Waals surface area contributed by atoms with Crippen molar-refractivity contribution in [2.24, 2.45) is 5.92 Å². The molecule has 1 atom stereocenters. The van der Waals surface area contributed by atoms with Gasteiger partial charge in [-0.05, 0) is 24.5 Å². The first-order valence-electron chi connectivity index (χ1n) is 9.09. The van der Waals surface area contributed by atoms with E-state index in [0.29, 0.717) is 23.8 Å². The van der Waals surface area contributed by atoms with Gasteiger partial charge in [0, 0.05) is 12.1 Å². The van der Waals surface area contributed by atoms with Gasteiger partial charge in [-0.2, -0.15) is 0 Å². The summed E-state index contributed by atoms with van der Waals surface area (Å²) in [5, 5.41) is 0. The Bertz CT molecular complexity index is 697. The van der Waals surface area contributed by atoms with Crippen LogP contribution in [0.25, 0.3) is 0 Å². The zero-order chi connectivity index (χ0) is 18.5. The maximum atomic E-state index is 13.3. The van der Waals surface area contributed by atoms with Crippen LogP contribution in [0.1, 0.15) is 38.5 Å². The summed E-state index contributed by atoms with van der Waals surface area (Å²) in [6, 6.07) is 5.13. The molecule has 0 N–H and O–H groups in total. The average Bonchev–Trinajstić information content (AvgIpc) is 3.00. The summed E-state index contributed by atoms with van der Waals surface area (Å²) >= 11 is 0. The third-order valence-corrected chi connectivity index (χ3v) is 5.07. The molecular weight excluding hydrogens is 337 g/mol. The predicted octanol–water partition coefficient (Wildman–Crippen LogP) is 3.44. The molecular formula is C20H24FNO4. The van der Waals surface area contributed by atoms with Crippen molar-refractivity contribution in [1.82, 2.24) is 4.90 Å². The van der Waals surface area contributed by atoms with Crippen LogP contribution in [0.2, 0.25) is 0 Å². The zero-order valence-electron chi connectivity index (χ0n) is 14.9. The number of esters is 1. The molecule has 6 heteroatoms. The van der Waals surface area contributed by atoms with E-state index in [0.717, 1.165) is 12.8 Å². The maximum Gasteiger partial charge on any atom is 0.328 e. The Morgan fingerprint density at radius 1 is 1.31 bits per heavy atom. The van der Waals surface area contributed by atoms with E-state index in [4.69, 9.17) is 9.47 Å². The molecule has 1 aliphatic carbocycles. The van der Waals surface area contributed by atoms with Gasteiger partial charge in [0.25, 0.3) is 5.91 Å². The minimum absolute atomic E-state index is 0.182. The van der Waals surface area contributed by atoms with E-state index in [1.54, 1.807) is 12.1 Å². The van der Waals surface area contributed by atoms with Crippen LogP contribution < -0.4 is 4.74 Å². The highest BCUT2D eigenvalue weighted by Crippen LogP contribution is 2.30. The molecule has 140 valence electrons. The van der Waals surface area contributed by atoms with Crippen LogP contribution in [-0.2, 0) is 14.3 Å². The topological polar surface area (TPSA) is 55.8 Å². The quantitative estimate of drug-likeness (QED) is 0.729. The highest BCUT2D eigenvalue weighted by atomic mass is 19.1. The number of benzene rings is 1. The number of hydrogen-bond acceptors (Lipinski definition) is 4. The molecule has 2 aliphatic rings. The molecule has 1 unspecified atom stereocenters. The van der Waals surface area contributed by atoms with E-state index in [1.165, 1.54) is 49.5 Å². The lowest BCUT2D eigenvalue weighted by Crippen LogP contribution is -2.44. The minimum Gasteiger partial charge on any atom is -0.467 e. The predicted molar refractivity (Wildman–Crippen MR) is 93.8 cm³/mol. The van der Waals surface area contributed by atoms with E-state index in [-0.39, 0.29) is 12.5 Å². The van der Waals surface area contributed by atoms with Crippen LogP contribution in [0.4, 0.5) is 4.39 Å². The van der Waals surface area contributed by atoms with Crippen molar-refractivity contribution in [3.8, 4) is 5.75 Å². The molecule has 26 heavy (non-hydrogen) atoms. The first kappa shape index (κ1) is 18.4. The zero-order valence-corrected chi connectivity index (χ0v) is 14.9. The van der Waals surface area contributed by atoms with Crippen molar-refractivity contribution in [3.05, 3.63) is 41.9 Å². The Kier molecular flexibility index (Phi) is 5.91. The first-order chi connectivity index (χ1) is 12.6. The molecule has 1 aromatic carbocycles. The smallest absolute Gasteiger partial charge is 0.328 e. The number of methoxy groups -OCH3 is 1. The third kappa shape index (κ3) is 4.42. The summed E-state index contributed by atoms with van der Waals surface area (Å²) in [4.78, 5) is 26.2. The summed E-state index contributed by atoms with van der Waals surface area (Å²) in [7, 11) is 1.34. The monoisotopic (exact) mass is 361 g/mol. The van der Waals surface area contributed by atoms with Crippen LogP contribution in [0.15, 0.2) is 36.1 Å². The Morgan fingerprint density at radius 2 is 2.08 bits per heavy atom. The molecule has 5 nitrogen and oxygen atoms in total. The highest BCUT2D eigenvalue weighted by molar-refractivity contribution is 5.94. The largest absolute Gasteiger partial charge is 0.467 e. The van der Waals surface area contributed by atoms with E-state index < -0.39 is 17.8 Å². The molecule has 3 rings (SSSR count). The molecule has 0 radical (unpaired) electrons. The van der Waals surface area contributed by atoms with Gasteiger partial charge in [-0.15, -0.1) is 0 Å². The van der Waals surface area contributed by atoms with Gasteiger partial charge in [-0.3, -0.25) is 4.79 Å². The number of ether oxygens (including phenoxy) is 2. The van der Waals surface area contributed by atoms with E-state index >= 15 is 0 Å². The second-order valence-corrected chi connectivity index (χ2v) is 6.91. The Balaban J connectivity index is 1.68. The van der Waals surface area contributed by atoms with Gasteiger partial charge < -0.3 is 14.4 Å². The first-order valence-corrected chi connectivity index (χ1v) is 9.09. The van der Waals surface area contributed by atoms with E-state index in [1.807, 2.05) is 0 Å². The lowest BCUT2D eigenvalue weighted by Gasteiger charge is -2.30. The SMILES string of the molecule is COC(=O)C(CC1CCCCC1)N1CC(Oc2cccc(F)c2)=CC1=O. The van der Waals surface area contributed by atoms with Gasteiger partial charge in [0.2, 0.25) is 0 Å². The van der Waals surface area contributed by atoms with Gasteiger partial charge in [0.1, 0.15) is 23.4 Å². The summed E-state index contributed by atoms with van der Waals surface area (Å²) < 4.78 is 23.9. The number of amides is 1. The van der Waals surface area contributed by atoms with Gasteiger partial charge in [0.15, 0.2) is 0 Å². The van der Waals surface area contributed by atoms with Gasteiger partial charge in [-0.25, -0.2) is 9.18 Å². The number of hydrogen-bond donors (Lipinski definition) is 0. The van der Waals surface area contributed by atoms with Crippen molar-refractivity contribution < 1.29 is 23.5 Å². The summed E-state index contributed by atoms with van der Waals surface area (Å²) in [5.74, 6) is 0.0701. The molecule has 1 heterocycles. The molecule has 1 fully saturated rings. The number of carbonyl (C=O) groups is 2. The fraction of sp³-hybridized carbons (Fsp3) is 0.500. The Labute approximate surface area is 152 Å². The lowest BCUT2D eigenvalue weighted by atomic mass is 9.84. The molecule has 1 aliphatic heterocycles. The fourth-order valence-corrected chi connectivity index (χ4v) is 3.74. The van der Waals surface area contributed by atoms with Gasteiger partial charge in [0.05, 0.1) is 13.7 Å². The molecule has 0 saturated heterocycles. The molecule has 0 aromatic heterocycles. The van der Waals surface area contributed by atoms with Gasteiger partial charge in [-0.1, -0.05) is 38.2 Å². The van der Waals surface area contributed by atoms with Crippen molar-refractivity contribution >= 4 is 11.9 Å². The number of rotatable bonds is 6. The summed E-state index contributed by atoms with van der Waals surface area (Å²) in [6.45, 7) is 0.182. The van der Waals surface area contributed by atoms with Gasteiger partial charge >= 0.3 is 5.97 Å². The average molecular weight is 361 g/mol. The van der Waals surface area contributed by atoms with Crippen molar-refractivity contribution in [2.75, 3.05) is 13.7 Å².